The van der Waals surface area contributed by atoms with Crippen LogP contribution in [0, 0.1) is 30.3 Å². The van der Waals surface area contributed by atoms with Gasteiger partial charge < -0.3 is 5.11 Å². The number of nitrogens with zero attached hydrogens (tertiary/aromatic N) is 3. The molecule has 11 heteroatoms. The average Bonchev–Trinajstić information content (AvgIpc) is 2.53. The second-order valence-electron chi connectivity index (χ2n) is 4.51. The Morgan fingerprint density at radius 3 is 1.75 bits per heavy atom. The Bertz CT molecular complexity index is 819. The van der Waals surface area contributed by atoms with Crippen LogP contribution < -0.4 is 0 Å². The molecule has 0 spiro atoms. The minimum absolute atomic E-state index is 0.216. The van der Waals surface area contributed by atoms with Crippen LogP contribution in [0.25, 0.3) is 11.1 Å². The van der Waals surface area contributed by atoms with Crippen molar-refractivity contribution in [3.63, 3.8) is 0 Å². The summed E-state index contributed by atoms with van der Waals surface area (Å²) >= 11 is 0. The maximum atomic E-state index is 11.2. The first kappa shape index (κ1) is 16.5. The van der Waals surface area contributed by atoms with Gasteiger partial charge in [0.2, 0.25) is 0 Å². The molecule has 0 unspecified atom stereocenters. The predicted molar refractivity (Wildman–Crippen MR) is 78.8 cm³/mol. The highest BCUT2D eigenvalue weighted by atomic mass is 16.6. The maximum Gasteiger partial charge on any atom is 0.335 e. The normalized spacial score (nSPS) is 10.2. The number of aromatic carboxylic acids is 1. The van der Waals surface area contributed by atoms with Crippen LogP contribution in [0.15, 0.2) is 36.4 Å². The quantitative estimate of drug-likeness (QED) is 0.643. The number of carboxylic acids is 1. The zero-order valence-corrected chi connectivity index (χ0v) is 11.6. The molecule has 1 N–H and O–H groups in total. The van der Waals surface area contributed by atoms with Crippen molar-refractivity contribution in [1.29, 1.82) is 0 Å². The highest BCUT2D eigenvalue weighted by Crippen LogP contribution is 2.38. The van der Waals surface area contributed by atoms with Gasteiger partial charge in [-0.25, -0.2) is 4.79 Å². The fourth-order valence-electron chi connectivity index (χ4n) is 2.06. The Balaban J connectivity index is 2.76. The van der Waals surface area contributed by atoms with Crippen molar-refractivity contribution in [2.24, 2.45) is 0 Å². The molecule has 122 valence electrons. The Kier molecular flexibility index (Phi) is 4.17. The minimum atomic E-state index is -1.40. The number of hydrogen-bond acceptors (Lipinski definition) is 7. The summed E-state index contributed by atoms with van der Waals surface area (Å²) < 4.78 is 0. The number of benzene rings is 2. The maximum absolute atomic E-state index is 11.2. The van der Waals surface area contributed by atoms with Crippen molar-refractivity contribution in [3.8, 4) is 11.1 Å². The lowest BCUT2D eigenvalue weighted by atomic mass is 9.99. The molecule has 11 nitrogen and oxygen atoms in total. The molecule has 0 radical (unpaired) electrons. The number of rotatable bonds is 5. The second kappa shape index (κ2) is 6.08. The van der Waals surface area contributed by atoms with Crippen LogP contribution in [0.2, 0.25) is 0 Å². The summed E-state index contributed by atoms with van der Waals surface area (Å²) in [5, 5.41) is 41.9. The van der Waals surface area contributed by atoms with E-state index in [2.05, 4.69) is 0 Å². The van der Waals surface area contributed by atoms with Crippen molar-refractivity contribution >= 4 is 23.0 Å². The summed E-state index contributed by atoms with van der Waals surface area (Å²) in [5.74, 6) is -1.40. The van der Waals surface area contributed by atoms with Crippen LogP contribution in [0.4, 0.5) is 17.1 Å². The zero-order valence-electron chi connectivity index (χ0n) is 11.6. The third-order valence-electron chi connectivity index (χ3n) is 3.12. The summed E-state index contributed by atoms with van der Waals surface area (Å²) in [4.78, 5) is 41.3. The summed E-state index contributed by atoms with van der Waals surface area (Å²) in [5.41, 5.74) is -2.71. The third kappa shape index (κ3) is 2.99. The monoisotopic (exact) mass is 333 g/mol. The van der Waals surface area contributed by atoms with Gasteiger partial charge in [0.1, 0.15) is 0 Å². The molecular formula is C13H7N3O8. The number of non-ortho nitro benzene ring substituents is 1. The molecule has 0 fully saturated rings. The lowest BCUT2D eigenvalue weighted by Gasteiger charge is -2.05. The lowest BCUT2D eigenvalue weighted by Crippen LogP contribution is -2.01. The molecule has 2 rings (SSSR count). The van der Waals surface area contributed by atoms with Crippen LogP contribution >= 0.6 is 0 Å². The van der Waals surface area contributed by atoms with Crippen LogP contribution in [-0.2, 0) is 0 Å². The fourth-order valence-corrected chi connectivity index (χ4v) is 2.06. The lowest BCUT2D eigenvalue weighted by molar-refractivity contribution is -0.394. The number of carboxylic acid groups (broad SMARTS) is 1. The van der Waals surface area contributed by atoms with Gasteiger partial charge in [0, 0.05) is 12.1 Å². The third-order valence-corrected chi connectivity index (χ3v) is 3.12. The van der Waals surface area contributed by atoms with E-state index in [4.69, 9.17) is 5.11 Å². The number of hydrogen-bond donors (Lipinski definition) is 1. The highest BCUT2D eigenvalue weighted by Gasteiger charge is 2.26. The van der Waals surface area contributed by atoms with Crippen LogP contribution in [0.5, 0.6) is 0 Å². The second-order valence-corrected chi connectivity index (χ2v) is 4.51. The minimum Gasteiger partial charge on any atom is -0.478 e. The molecular weight excluding hydrogens is 326 g/mol. The van der Waals surface area contributed by atoms with Gasteiger partial charge in [-0.05, 0) is 18.2 Å². The number of nitro benzene ring substituents is 3. The van der Waals surface area contributed by atoms with Crippen LogP contribution in [0.1, 0.15) is 10.4 Å². The largest absolute Gasteiger partial charge is 0.478 e. The van der Waals surface area contributed by atoms with E-state index in [1.165, 1.54) is 0 Å². The van der Waals surface area contributed by atoms with Crippen molar-refractivity contribution in [3.05, 3.63) is 72.3 Å². The molecule has 0 aliphatic carbocycles. The summed E-state index contributed by atoms with van der Waals surface area (Å²) in [7, 11) is 0. The van der Waals surface area contributed by atoms with Crippen LogP contribution in [-0.4, -0.2) is 25.8 Å². The molecule has 2 aromatic carbocycles. The fraction of sp³-hybridized carbons (Fsp3) is 0. The topological polar surface area (TPSA) is 167 Å². The van der Waals surface area contributed by atoms with E-state index in [0.717, 1.165) is 30.3 Å². The SMILES string of the molecule is O=C(O)c1ccc(-c2ccc([N+](=O)[O-])cc2[N+](=O)[O-])c([N+](=O)[O-])c1. The molecule has 0 saturated carbocycles. The smallest absolute Gasteiger partial charge is 0.335 e. The molecule has 0 atom stereocenters. The zero-order chi connectivity index (χ0) is 18.0. The summed E-state index contributed by atoms with van der Waals surface area (Å²) in [6, 6.07) is 5.54. The van der Waals surface area contributed by atoms with E-state index in [-0.39, 0.29) is 16.7 Å². The molecule has 0 amide bonds. The van der Waals surface area contributed by atoms with E-state index < -0.39 is 37.8 Å². The molecule has 0 saturated heterocycles. The predicted octanol–water partition coefficient (Wildman–Crippen LogP) is 2.78. The molecule has 2 aromatic rings. The summed E-state index contributed by atoms with van der Waals surface area (Å²) in [6.45, 7) is 0. The van der Waals surface area contributed by atoms with Gasteiger partial charge in [0.05, 0.1) is 37.5 Å². The first-order valence-electron chi connectivity index (χ1n) is 6.17. The van der Waals surface area contributed by atoms with Gasteiger partial charge in [-0.3, -0.25) is 30.3 Å². The Hall–Kier alpha value is -3.89. The van der Waals surface area contributed by atoms with E-state index in [1.54, 1.807) is 0 Å². The average molecular weight is 333 g/mol. The van der Waals surface area contributed by atoms with E-state index >= 15 is 0 Å². The van der Waals surface area contributed by atoms with E-state index in [1.807, 2.05) is 0 Å². The Morgan fingerprint density at radius 1 is 0.792 bits per heavy atom. The van der Waals surface area contributed by atoms with Crippen molar-refractivity contribution < 1.29 is 24.7 Å². The van der Waals surface area contributed by atoms with Crippen LogP contribution in [0.3, 0.4) is 0 Å². The molecule has 0 aromatic heterocycles. The van der Waals surface area contributed by atoms with E-state index in [9.17, 15) is 35.1 Å². The van der Waals surface area contributed by atoms with Gasteiger partial charge >= 0.3 is 5.97 Å². The first-order valence-corrected chi connectivity index (χ1v) is 6.17. The summed E-state index contributed by atoms with van der Waals surface area (Å²) in [6.07, 6.45) is 0. The van der Waals surface area contributed by atoms with Gasteiger partial charge in [0.15, 0.2) is 0 Å². The molecule has 24 heavy (non-hydrogen) atoms. The first-order chi connectivity index (χ1) is 11.2. The molecule has 0 aliphatic heterocycles. The Labute approximate surface area is 132 Å². The highest BCUT2D eigenvalue weighted by molar-refractivity contribution is 5.91. The van der Waals surface area contributed by atoms with Gasteiger partial charge in [-0.2, -0.15) is 0 Å². The molecule has 0 aliphatic rings. The number of carbonyl (C=O) groups is 1. The van der Waals surface area contributed by atoms with Crippen molar-refractivity contribution in [2.75, 3.05) is 0 Å². The number of nitro groups is 3. The molecule has 0 bridgehead atoms. The van der Waals surface area contributed by atoms with Crippen molar-refractivity contribution in [1.82, 2.24) is 0 Å². The van der Waals surface area contributed by atoms with Gasteiger partial charge in [-0.1, -0.05) is 0 Å². The van der Waals surface area contributed by atoms with Crippen molar-refractivity contribution in [2.45, 2.75) is 0 Å². The van der Waals surface area contributed by atoms with Gasteiger partial charge in [-0.15, -0.1) is 0 Å². The molecule has 0 heterocycles. The standard InChI is InChI=1S/C13H7N3O8/c17-13(18)7-1-3-9(11(5-7)15(21)22)10-4-2-8(14(19)20)6-12(10)16(23)24/h1-6H,(H,17,18). The van der Waals surface area contributed by atoms with E-state index in [0.29, 0.717) is 6.07 Å². The Morgan fingerprint density at radius 2 is 1.29 bits per heavy atom. The van der Waals surface area contributed by atoms with Gasteiger partial charge in [0.25, 0.3) is 17.1 Å².